The van der Waals surface area contributed by atoms with E-state index in [0.717, 1.165) is 32.1 Å². The average molecular weight is 487 g/mol. The molecule has 0 aromatic carbocycles. The minimum absolute atomic E-state index is 0.0741. The molecule has 7 nitrogen and oxygen atoms in total. The van der Waals surface area contributed by atoms with Gasteiger partial charge in [-0.1, -0.05) is 56.5 Å². The number of alkyl halides is 1. The monoisotopic (exact) mass is 486 g/mol. The molecule has 0 bridgehead atoms. The molecule has 1 heterocycles. The van der Waals surface area contributed by atoms with Crippen LogP contribution < -0.4 is 5.32 Å². The lowest BCUT2D eigenvalue weighted by Crippen LogP contribution is -2.47. The Balaban J connectivity index is 1.75. The number of unbranched alkanes of at least 4 members (excludes halogenated alkanes) is 1. The summed E-state index contributed by atoms with van der Waals surface area (Å²) in [5, 5.41) is 2.78. The van der Waals surface area contributed by atoms with Crippen molar-refractivity contribution in [2.45, 2.75) is 71.0 Å². The second-order valence-corrected chi connectivity index (χ2v) is 10.0. The summed E-state index contributed by atoms with van der Waals surface area (Å²) in [6.07, 6.45) is 4.80. The van der Waals surface area contributed by atoms with Crippen LogP contribution >= 0.6 is 15.9 Å². The quantitative estimate of drug-likeness (QED) is 0.198. The average Bonchev–Trinajstić information content (AvgIpc) is 2.88. The molecule has 0 aromatic heterocycles. The van der Waals surface area contributed by atoms with Gasteiger partial charge in [0.25, 0.3) is 0 Å². The predicted octanol–water partition coefficient (Wildman–Crippen LogP) is 3.05. The largest absolute Gasteiger partial charge is 0.465 e. The Morgan fingerprint density at radius 1 is 1.27 bits per heavy atom. The van der Waals surface area contributed by atoms with Gasteiger partial charge in [0.15, 0.2) is 0 Å². The standard InChI is InChI=1S/C22H35BrN2O5/c1-5-7-11-30-21(29)16(23)12-14(3)18(26)24-9-10-25-19(27)15-13-22(4,8-6-2)17(15)20(25)28/h14-17H,5-13H2,1-4H3,(H,24,26). The Morgan fingerprint density at radius 2 is 1.97 bits per heavy atom. The van der Waals surface area contributed by atoms with Gasteiger partial charge in [-0.2, -0.15) is 0 Å². The molecular weight excluding hydrogens is 452 g/mol. The maximum Gasteiger partial charge on any atom is 0.319 e. The summed E-state index contributed by atoms with van der Waals surface area (Å²) in [6, 6.07) is 0. The number of hydrogen-bond donors (Lipinski definition) is 1. The van der Waals surface area contributed by atoms with Crippen LogP contribution in [0.1, 0.15) is 66.2 Å². The third-order valence-electron chi connectivity index (χ3n) is 6.42. The highest BCUT2D eigenvalue weighted by Gasteiger charge is 2.63. The molecule has 3 amide bonds. The van der Waals surface area contributed by atoms with E-state index in [9.17, 15) is 19.2 Å². The van der Waals surface area contributed by atoms with Crippen LogP contribution in [-0.4, -0.2) is 53.1 Å². The van der Waals surface area contributed by atoms with Gasteiger partial charge in [-0.05, 0) is 31.1 Å². The van der Waals surface area contributed by atoms with Crippen molar-refractivity contribution in [3.05, 3.63) is 0 Å². The van der Waals surface area contributed by atoms with Crippen LogP contribution in [-0.2, 0) is 23.9 Å². The van der Waals surface area contributed by atoms with Crippen molar-refractivity contribution in [1.82, 2.24) is 10.2 Å². The highest BCUT2D eigenvalue weighted by molar-refractivity contribution is 9.10. The Kier molecular flexibility index (Phi) is 8.88. The number of esters is 1. The first-order valence-electron chi connectivity index (χ1n) is 11.1. The fourth-order valence-electron chi connectivity index (χ4n) is 4.68. The number of likely N-dealkylation sites (tertiary alicyclic amines) is 1. The van der Waals surface area contributed by atoms with E-state index in [1.54, 1.807) is 6.92 Å². The minimum Gasteiger partial charge on any atom is -0.465 e. The summed E-state index contributed by atoms with van der Waals surface area (Å²) < 4.78 is 5.16. The van der Waals surface area contributed by atoms with Crippen molar-refractivity contribution in [1.29, 1.82) is 0 Å². The van der Waals surface area contributed by atoms with E-state index in [1.165, 1.54) is 4.90 Å². The van der Waals surface area contributed by atoms with Gasteiger partial charge in [0.05, 0.1) is 18.4 Å². The summed E-state index contributed by atoms with van der Waals surface area (Å²) in [4.78, 5) is 50.3. The molecule has 2 fully saturated rings. The van der Waals surface area contributed by atoms with E-state index in [1.807, 2.05) is 6.92 Å². The Bertz CT molecular complexity index is 670. The number of nitrogens with one attached hydrogen (secondary N) is 1. The molecule has 0 radical (unpaired) electrons. The number of rotatable bonds is 12. The normalized spacial score (nSPS) is 27.3. The lowest BCUT2D eigenvalue weighted by atomic mass is 9.54. The van der Waals surface area contributed by atoms with Crippen molar-refractivity contribution in [2.75, 3.05) is 19.7 Å². The van der Waals surface area contributed by atoms with Gasteiger partial charge < -0.3 is 10.1 Å². The highest BCUT2D eigenvalue weighted by Crippen LogP contribution is 2.58. The summed E-state index contributed by atoms with van der Waals surface area (Å²) >= 11 is 3.29. The number of nitrogens with zero attached hydrogens (tertiary/aromatic N) is 1. The fraction of sp³-hybridized carbons (Fsp3) is 0.818. The van der Waals surface area contributed by atoms with Gasteiger partial charge in [-0.3, -0.25) is 24.1 Å². The van der Waals surface area contributed by atoms with Gasteiger partial charge in [0, 0.05) is 19.0 Å². The van der Waals surface area contributed by atoms with Gasteiger partial charge in [-0.15, -0.1) is 0 Å². The molecule has 5 unspecified atom stereocenters. The number of halogens is 1. The van der Waals surface area contributed by atoms with E-state index in [-0.39, 0.29) is 54.0 Å². The number of fused-ring (bicyclic) bond motifs is 1. The smallest absolute Gasteiger partial charge is 0.319 e. The molecule has 1 aliphatic heterocycles. The number of hydrogen-bond acceptors (Lipinski definition) is 5. The minimum atomic E-state index is -0.538. The van der Waals surface area contributed by atoms with Crippen molar-refractivity contribution < 1.29 is 23.9 Å². The van der Waals surface area contributed by atoms with Crippen LogP contribution in [0.2, 0.25) is 0 Å². The first-order valence-corrected chi connectivity index (χ1v) is 12.0. The zero-order chi connectivity index (χ0) is 22.5. The summed E-state index contributed by atoms with van der Waals surface area (Å²) in [5.41, 5.74) is -0.0741. The van der Waals surface area contributed by atoms with Gasteiger partial charge in [-0.25, -0.2) is 0 Å². The van der Waals surface area contributed by atoms with E-state index in [2.05, 4.69) is 35.1 Å². The van der Waals surface area contributed by atoms with Gasteiger partial charge in [0.1, 0.15) is 4.83 Å². The molecule has 0 aromatic rings. The summed E-state index contributed by atoms with van der Waals surface area (Å²) in [7, 11) is 0. The summed E-state index contributed by atoms with van der Waals surface area (Å²) in [6.45, 7) is 8.75. The van der Waals surface area contributed by atoms with Crippen molar-refractivity contribution in [3.8, 4) is 0 Å². The van der Waals surface area contributed by atoms with Crippen LogP contribution in [0.15, 0.2) is 0 Å². The van der Waals surface area contributed by atoms with E-state index >= 15 is 0 Å². The SMILES string of the molecule is CCCCOC(=O)C(Br)CC(C)C(=O)NCCN1C(=O)C2CC(C)(CCC)C2C1=O. The molecule has 1 saturated heterocycles. The lowest BCUT2D eigenvalue weighted by molar-refractivity contribution is -0.144. The molecular formula is C22H35BrN2O5. The third kappa shape index (κ3) is 5.42. The maximum atomic E-state index is 12.7. The van der Waals surface area contributed by atoms with Crippen LogP contribution in [0.25, 0.3) is 0 Å². The molecule has 170 valence electrons. The molecule has 30 heavy (non-hydrogen) atoms. The number of amides is 3. The maximum absolute atomic E-state index is 12.7. The second kappa shape index (κ2) is 10.7. The van der Waals surface area contributed by atoms with E-state index < -0.39 is 10.7 Å². The highest BCUT2D eigenvalue weighted by atomic mass is 79.9. The zero-order valence-corrected chi connectivity index (χ0v) is 20.1. The molecule has 2 aliphatic rings. The Labute approximate surface area is 187 Å². The molecule has 1 aliphatic carbocycles. The number of carbonyl (C=O) groups excluding carboxylic acids is 4. The first kappa shape index (κ1) is 24.8. The Hall–Kier alpha value is -1.44. The Morgan fingerprint density at radius 3 is 2.60 bits per heavy atom. The second-order valence-electron chi connectivity index (χ2n) is 8.94. The first-order chi connectivity index (χ1) is 14.2. The number of ether oxygens (including phenoxy) is 1. The van der Waals surface area contributed by atoms with Crippen molar-refractivity contribution in [3.63, 3.8) is 0 Å². The topological polar surface area (TPSA) is 92.8 Å². The van der Waals surface area contributed by atoms with Crippen LogP contribution in [0, 0.1) is 23.2 Å². The summed E-state index contributed by atoms with van der Waals surface area (Å²) in [5.74, 6) is -1.55. The molecule has 1 saturated carbocycles. The van der Waals surface area contributed by atoms with Gasteiger partial charge >= 0.3 is 5.97 Å². The van der Waals surface area contributed by atoms with E-state index in [0.29, 0.717) is 13.0 Å². The van der Waals surface area contributed by atoms with Crippen LogP contribution in [0.5, 0.6) is 0 Å². The third-order valence-corrected chi connectivity index (χ3v) is 7.16. The molecule has 1 N–H and O–H groups in total. The number of imide groups is 1. The van der Waals surface area contributed by atoms with Gasteiger partial charge in [0.2, 0.25) is 17.7 Å². The van der Waals surface area contributed by atoms with Crippen LogP contribution in [0.3, 0.4) is 0 Å². The molecule has 2 rings (SSSR count). The lowest BCUT2D eigenvalue weighted by Gasteiger charge is -2.47. The predicted molar refractivity (Wildman–Crippen MR) is 117 cm³/mol. The van der Waals surface area contributed by atoms with Crippen molar-refractivity contribution in [2.24, 2.45) is 23.2 Å². The fourth-order valence-corrected chi connectivity index (χ4v) is 5.38. The molecule has 0 spiro atoms. The zero-order valence-electron chi connectivity index (χ0n) is 18.5. The molecule has 8 heteroatoms. The van der Waals surface area contributed by atoms with Crippen molar-refractivity contribution >= 4 is 39.6 Å². The van der Waals surface area contributed by atoms with E-state index in [4.69, 9.17) is 4.74 Å². The number of carbonyl (C=O) groups is 4. The van der Waals surface area contributed by atoms with Crippen LogP contribution in [0.4, 0.5) is 0 Å². The molecule has 5 atom stereocenters.